The highest BCUT2D eigenvalue weighted by molar-refractivity contribution is 6.60. The van der Waals surface area contributed by atoms with Crippen molar-refractivity contribution in [2.45, 2.75) is 19.3 Å². The van der Waals surface area contributed by atoms with Crippen LogP contribution in [0, 0.1) is 0 Å². The molecule has 3 nitrogen and oxygen atoms in total. The first-order valence-corrected chi connectivity index (χ1v) is 12.6. The monoisotopic (exact) mass is 481 g/mol. The van der Waals surface area contributed by atoms with Crippen LogP contribution in [-0.2, 0) is 5.41 Å². The molecule has 0 aliphatic heterocycles. The normalized spacial score (nSPS) is 13.1. The minimum Gasteiger partial charge on any atom is -0.423 e. The van der Waals surface area contributed by atoms with Crippen LogP contribution in [0.1, 0.15) is 25.0 Å². The predicted molar refractivity (Wildman–Crippen MR) is 154 cm³/mol. The lowest BCUT2D eigenvalue weighted by molar-refractivity contribution is 0.426. The number of benzene rings is 5. The van der Waals surface area contributed by atoms with Gasteiger partial charge >= 0.3 is 7.12 Å². The second-order valence-electron chi connectivity index (χ2n) is 10.0. The summed E-state index contributed by atoms with van der Waals surface area (Å²) in [6, 6.07) is 41.2. The zero-order chi connectivity index (χ0) is 25.6. The van der Waals surface area contributed by atoms with Gasteiger partial charge in [-0.2, -0.15) is 0 Å². The van der Waals surface area contributed by atoms with E-state index in [1.165, 1.54) is 22.3 Å². The number of hydrogen-bond donors (Lipinski definition) is 2. The lowest BCUT2D eigenvalue weighted by atomic mass is 9.77. The van der Waals surface area contributed by atoms with Crippen molar-refractivity contribution in [3.63, 3.8) is 0 Å². The maximum atomic E-state index is 10.4. The van der Waals surface area contributed by atoms with Crippen molar-refractivity contribution in [1.29, 1.82) is 0 Å². The molecule has 1 aliphatic carbocycles. The maximum Gasteiger partial charge on any atom is 0.490 e. The van der Waals surface area contributed by atoms with Gasteiger partial charge in [0.25, 0.3) is 0 Å². The highest BCUT2D eigenvalue weighted by Crippen LogP contribution is 2.54. The molecule has 0 unspecified atom stereocenters. The van der Waals surface area contributed by atoms with E-state index >= 15 is 0 Å². The van der Waals surface area contributed by atoms with Crippen LogP contribution in [0.5, 0.6) is 0 Å². The van der Waals surface area contributed by atoms with E-state index in [9.17, 15) is 10.0 Å². The minimum atomic E-state index is -1.61. The molecule has 0 atom stereocenters. The molecule has 0 saturated heterocycles. The summed E-state index contributed by atoms with van der Waals surface area (Å²) in [5.74, 6) is 0. The molecule has 5 aromatic rings. The summed E-state index contributed by atoms with van der Waals surface area (Å²) < 4.78 is 0. The lowest BCUT2D eigenvalue weighted by Crippen LogP contribution is -2.34. The van der Waals surface area contributed by atoms with Crippen molar-refractivity contribution in [3.8, 4) is 22.3 Å². The molecule has 0 radical (unpaired) electrons. The summed E-state index contributed by atoms with van der Waals surface area (Å²) in [6.45, 7) is 4.55. The zero-order valence-corrected chi connectivity index (χ0v) is 21.0. The fourth-order valence-corrected chi connectivity index (χ4v) is 5.83. The number of fused-ring (bicyclic) bond motifs is 3. The van der Waals surface area contributed by atoms with E-state index in [0.29, 0.717) is 5.46 Å². The van der Waals surface area contributed by atoms with Crippen LogP contribution in [-0.4, -0.2) is 17.2 Å². The van der Waals surface area contributed by atoms with Gasteiger partial charge in [-0.05, 0) is 46.0 Å². The molecular formula is C33H28BNO2. The van der Waals surface area contributed by atoms with Crippen molar-refractivity contribution in [1.82, 2.24) is 0 Å². The Kier molecular flexibility index (Phi) is 5.71. The molecular weight excluding hydrogens is 453 g/mol. The van der Waals surface area contributed by atoms with Crippen molar-refractivity contribution in [2.75, 3.05) is 4.90 Å². The van der Waals surface area contributed by atoms with E-state index in [-0.39, 0.29) is 5.41 Å². The van der Waals surface area contributed by atoms with E-state index in [4.69, 9.17) is 0 Å². The highest BCUT2D eigenvalue weighted by atomic mass is 16.4. The summed E-state index contributed by atoms with van der Waals surface area (Å²) in [6.07, 6.45) is 0. The highest BCUT2D eigenvalue weighted by Gasteiger charge is 2.39. The molecule has 0 bridgehead atoms. The van der Waals surface area contributed by atoms with E-state index in [2.05, 4.69) is 85.5 Å². The third-order valence-corrected chi connectivity index (χ3v) is 7.48. The van der Waals surface area contributed by atoms with Crippen LogP contribution >= 0.6 is 0 Å². The van der Waals surface area contributed by atoms with Gasteiger partial charge in [0.05, 0.1) is 11.4 Å². The SMILES string of the molecule is CC1(C)c2ccccc2-c2cccc(N(c3ccccc3B(O)O)c3ccccc3-c3ccccc3)c21. The lowest BCUT2D eigenvalue weighted by Gasteiger charge is -2.34. The molecule has 37 heavy (non-hydrogen) atoms. The van der Waals surface area contributed by atoms with Gasteiger partial charge in [0.15, 0.2) is 0 Å². The average molecular weight is 481 g/mol. The van der Waals surface area contributed by atoms with Crippen LogP contribution in [0.25, 0.3) is 22.3 Å². The number of anilines is 3. The molecule has 6 rings (SSSR count). The van der Waals surface area contributed by atoms with Gasteiger partial charge in [-0.3, -0.25) is 0 Å². The predicted octanol–water partition coefficient (Wildman–Crippen LogP) is 6.81. The number of rotatable bonds is 5. The zero-order valence-electron chi connectivity index (χ0n) is 21.0. The Hall–Kier alpha value is -4.12. The summed E-state index contributed by atoms with van der Waals surface area (Å²) in [4.78, 5) is 2.20. The second kappa shape index (κ2) is 9.08. The Morgan fingerprint density at radius 1 is 0.541 bits per heavy atom. The van der Waals surface area contributed by atoms with E-state index in [0.717, 1.165) is 28.2 Å². The Morgan fingerprint density at radius 3 is 1.86 bits per heavy atom. The first-order chi connectivity index (χ1) is 18.0. The van der Waals surface area contributed by atoms with Crippen molar-refractivity contribution in [2.24, 2.45) is 0 Å². The van der Waals surface area contributed by atoms with Crippen LogP contribution in [0.2, 0.25) is 0 Å². The summed E-state index contributed by atoms with van der Waals surface area (Å²) in [7, 11) is -1.61. The van der Waals surface area contributed by atoms with Gasteiger partial charge in [-0.15, -0.1) is 0 Å². The molecule has 5 aromatic carbocycles. The summed E-state index contributed by atoms with van der Waals surface area (Å²) >= 11 is 0. The van der Waals surface area contributed by atoms with Crippen LogP contribution < -0.4 is 10.4 Å². The Morgan fingerprint density at radius 2 is 1.11 bits per heavy atom. The molecule has 0 aromatic heterocycles. The van der Waals surface area contributed by atoms with Gasteiger partial charge in [0, 0.05) is 22.1 Å². The molecule has 4 heteroatoms. The van der Waals surface area contributed by atoms with Gasteiger partial charge in [0.1, 0.15) is 0 Å². The first kappa shape index (κ1) is 23.3. The van der Waals surface area contributed by atoms with E-state index in [1.807, 2.05) is 48.5 Å². The summed E-state index contributed by atoms with van der Waals surface area (Å²) in [5.41, 5.74) is 10.1. The second-order valence-corrected chi connectivity index (χ2v) is 10.0. The number of nitrogens with zero attached hydrogens (tertiary/aromatic N) is 1. The molecule has 0 saturated carbocycles. The summed E-state index contributed by atoms with van der Waals surface area (Å²) in [5, 5.41) is 20.8. The van der Waals surface area contributed by atoms with Gasteiger partial charge < -0.3 is 14.9 Å². The quantitative estimate of drug-likeness (QED) is 0.271. The smallest absolute Gasteiger partial charge is 0.423 e. The Balaban J connectivity index is 1.69. The Labute approximate surface area is 218 Å². The van der Waals surface area contributed by atoms with Crippen molar-refractivity contribution >= 4 is 29.6 Å². The van der Waals surface area contributed by atoms with Crippen LogP contribution in [0.15, 0.2) is 121 Å². The average Bonchev–Trinajstić information content (AvgIpc) is 3.17. The molecule has 0 heterocycles. The molecule has 1 aliphatic rings. The van der Waals surface area contributed by atoms with Gasteiger partial charge in [0.2, 0.25) is 0 Å². The topological polar surface area (TPSA) is 43.7 Å². The molecule has 0 fully saturated rings. The fraction of sp³-hybridized carbons (Fsp3) is 0.0909. The largest absolute Gasteiger partial charge is 0.490 e. The number of hydrogen-bond acceptors (Lipinski definition) is 3. The van der Waals surface area contributed by atoms with Crippen molar-refractivity contribution < 1.29 is 10.0 Å². The Bertz CT molecular complexity index is 1590. The molecule has 0 amide bonds. The minimum absolute atomic E-state index is 0.241. The molecule has 0 spiro atoms. The third kappa shape index (κ3) is 3.77. The maximum absolute atomic E-state index is 10.4. The first-order valence-electron chi connectivity index (χ1n) is 12.6. The molecule has 180 valence electrons. The third-order valence-electron chi connectivity index (χ3n) is 7.48. The van der Waals surface area contributed by atoms with Crippen molar-refractivity contribution in [3.05, 3.63) is 132 Å². The fourth-order valence-electron chi connectivity index (χ4n) is 5.83. The number of para-hydroxylation sites is 2. The standard InChI is InChI=1S/C33H28BNO2/c1-33(2)27-18-8-6-16-25(27)26-17-12-22-31(32(26)33)35(30-21-11-9-19-28(30)34(36)37)29-20-10-7-15-24(29)23-13-4-3-5-14-23/h3-22,36-37H,1-2H3. The van der Waals surface area contributed by atoms with Gasteiger partial charge in [-0.25, -0.2) is 0 Å². The van der Waals surface area contributed by atoms with Crippen LogP contribution in [0.4, 0.5) is 17.1 Å². The van der Waals surface area contributed by atoms with Crippen LogP contribution in [0.3, 0.4) is 0 Å². The van der Waals surface area contributed by atoms with Gasteiger partial charge in [-0.1, -0.05) is 117 Å². The van der Waals surface area contributed by atoms with E-state index < -0.39 is 7.12 Å². The van der Waals surface area contributed by atoms with E-state index in [1.54, 1.807) is 6.07 Å². The molecule has 2 N–H and O–H groups in total.